The Morgan fingerprint density at radius 3 is 2.55 bits per heavy atom. The average molecular weight is 432 g/mol. The van der Waals surface area contributed by atoms with Gasteiger partial charge in [-0.25, -0.2) is 13.4 Å². The van der Waals surface area contributed by atoms with E-state index < -0.39 is 16.1 Å². The molecular weight excluding hydrogens is 406 g/mol. The molecule has 6 nitrogen and oxygen atoms in total. The molecule has 0 aliphatic carbocycles. The number of carbonyl (C=O) groups excluding carboxylic acids is 1. The largest absolute Gasteiger partial charge is 0.354 e. The molecule has 0 aliphatic rings. The zero-order valence-electron chi connectivity index (χ0n) is 16.7. The molecule has 0 spiro atoms. The number of thiazole rings is 1. The van der Waals surface area contributed by atoms with Gasteiger partial charge in [0.05, 0.1) is 20.1 Å². The zero-order chi connectivity index (χ0) is 21.0. The molecule has 3 rings (SSSR count). The number of nitrogens with one attached hydrogen (secondary N) is 2. The Morgan fingerprint density at radius 1 is 1.14 bits per heavy atom. The minimum atomic E-state index is -3.84. The fraction of sp³-hybridized carbons (Fsp3) is 0.333. The van der Waals surface area contributed by atoms with Gasteiger partial charge in [-0.3, -0.25) is 4.79 Å². The van der Waals surface area contributed by atoms with Gasteiger partial charge in [0, 0.05) is 6.54 Å². The number of nitrogens with zero attached hydrogens (tertiary/aromatic N) is 1. The summed E-state index contributed by atoms with van der Waals surface area (Å²) in [6.07, 6.45) is 0.686. The van der Waals surface area contributed by atoms with Gasteiger partial charge in [0.1, 0.15) is 6.04 Å². The number of fused-ring (bicyclic) bond motifs is 1. The van der Waals surface area contributed by atoms with E-state index in [4.69, 9.17) is 0 Å². The van der Waals surface area contributed by atoms with E-state index in [1.807, 2.05) is 51.1 Å². The second-order valence-electron chi connectivity index (χ2n) is 7.23. The lowest BCUT2D eigenvalue weighted by molar-refractivity contribution is -0.123. The van der Waals surface area contributed by atoms with E-state index in [1.54, 1.807) is 12.1 Å². The van der Waals surface area contributed by atoms with Crippen molar-refractivity contribution in [2.45, 2.75) is 38.1 Å². The summed E-state index contributed by atoms with van der Waals surface area (Å²) in [5, 5.41) is 3.72. The minimum Gasteiger partial charge on any atom is -0.354 e. The van der Waals surface area contributed by atoms with Crippen LogP contribution < -0.4 is 10.0 Å². The first-order valence-electron chi connectivity index (χ1n) is 9.47. The molecule has 0 radical (unpaired) electrons. The first-order chi connectivity index (χ1) is 13.8. The number of hydrogen-bond acceptors (Lipinski definition) is 5. The van der Waals surface area contributed by atoms with Crippen molar-refractivity contribution in [3.63, 3.8) is 0 Å². The van der Waals surface area contributed by atoms with Crippen molar-refractivity contribution >= 4 is 37.5 Å². The highest BCUT2D eigenvalue weighted by atomic mass is 32.2. The lowest BCUT2D eigenvalue weighted by Crippen LogP contribution is -2.49. The number of aromatic nitrogens is 1. The first kappa shape index (κ1) is 21.4. The number of amides is 1. The van der Waals surface area contributed by atoms with Crippen molar-refractivity contribution in [3.05, 3.63) is 59.1 Å². The number of benzene rings is 2. The maximum atomic E-state index is 12.9. The second kappa shape index (κ2) is 9.02. The highest BCUT2D eigenvalue weighted by molar-refractivity contribution is 7.89. The number of carbonyl (C=O) groups is 1. The van der Waals surface area contributed by atoms with Gasteiger partial charge < -0.3 is 5.32 Å². The third-order valence-corrected chi connectivity index (χ3v) is 6.94. The van der Waals surface area contributed by atoms with E-state index >= 15 is 0 Å². The van der Waals surface area contributed by atoms with Crippen LogP contribution in [-0.2, 0) is 21.2 Å². The van der Waals surface area contributed by atoms with E-state index in [2.05, 4.69) is 15.0 Å². The molecule has 0 fully saturated rings. The van der Waals surface area contributed by atoms with Crippen molar-refractivity contribution in [2.75, 3.05) is 6.54 Å². The van der Waals surface area contributed by atoms with Crippen LogP contribution in [0.2, 0.25) is 0 Å². The molecule has 8 heteroatoms. The summed E-state index contributed by atoms with van der Waals surface area (Å²) in [5.74, 6) is -0.523. The molecule has 0 bridgehead atoms. The van der Waals surface area contributed by atoms with E-state index in [9.17, 15) is 13.2 Å². The molecule has 154 valence electrons. The normalized spacial score (nSPS) is 13.0. The summed E-state index contributed by atoms with van der Waals surface area (Å²) in [7, 11) is -3.84. The first-order valence-corrected chi connectivity index (χ1v) is 11.8. The lowest BCUT2D eigenvalue weighted by Gasteiger charge is -2.21. The van der Waals surface area contributed by atoms with Gasteiger partial charge in [0.25, 0.3) is 0 Å². The topological polar surface area (TPSA) is 88.2 Å². The SMILES string of the molecule is Cc1nc2ccc(S(=O)(=O)N[C@@H](C(=O)NCCc3ccccc3)C(C)C)cc2s1. The number of sulfonamides is 1. The van der Waals surface area contributed by atoms with Crippen LogP contribution in [0.1, 0.15) is 24.4 Å². The maximum absolute atomic E-state index is 12.9. The van der Waals surface area contributed by atoms with E-state index in [0.29, 0.717) is 13.0 Å². The molecule has 0 aliphatic heterocycles. The molecule has 1 amide bonds. The van der Waals surface area contributed by atoms with Crippen LogP contribution >= 0.6 is 11.3 Å². The highest BCUT2D eigenvalue weighted by Gasteiger charge is 2.28. The second-order valence-corrected chi connectivity index (χ2v) is 10.2. The smallest absolute Gasteiger partial charge is 0.241 e. The Hall–Kier alpha value is -2.29. The molecule has 29 heavy (non-hydrogen) atoms. The summed E-state index contributed by atoms with van der Waals surface area (Å²) < 4.78 is 29.2. The summed E-state index contributed by atoms with van der Waals surface area (Å²) in [6.45, 7) is 5.96. The van der Waals surface area contributed by atoms with Gasteiger partial charge in [-0.1, -0.05) is 44.2 Å². The van der Waals surface area contributed by atoms with Gasteiger partial charge in [0.2, 0.25) is 15.9 Å². The van der Waals surface area contributed by atoms with Crippen LogP contribution in [0.4, 0.5) is 0 Å². The summed E-state index contributed by atoms with van der Waals surface area (Å²) in [5.41, 5.74) is 1.88. The number of hydrogen-bond donors (Lipinski definition) is 2. The molecule has 1 atom stereocenters. The average Bonchev–Trinajstić information content (AvgIpc) is 3.06. The monoisotopic (exact) mass is 431 g/mol. The van der Waals surface area contributed by atoms with Crippen LogP contribution in [0.5, 0.6) is 0 Å². The Bertz CT molecular complexity index is 1090. The predicted molar refractivity (Wildman–Crippen MR) is 116 cm³/mol. The van der Waals surface area contributed by atoms with Crippen LogP contribution in [0.25, 0.3) is 10.2 Å². The molecule has 3 aromatic rings. The van der Waals surface area contributed by atoms with Crippen molar-refractivity contribution in [3.8, 4) is 0 Å². The van der Waals surface area contributed by atoms with Gasteiger partial charge in [0.15, 0.2) is 0 Å². The Kier molecular flexibility index (Phi) is 6.66. The van der Waals surface area contributed by atoms with E-state index in [0.717, 1.165) is 20.8 Å². The van der Waals surface area contributed by atoms with Gasteiger partial charge >= 0.3 is 0 Å². The van der Waals surface area contributed by atoms with Crippen molar-refractivity contribution in [1.29, 1.82) is 0 Å². The molecule has 1 heterocycles. The Balaban J connectivity index is 1.69. The molecule has 0 saturated carbocycles. The number of aryl methyl sites for hydroxylation is 1. The molecular formula is C21H25N3O3S2. The quantitative estimate of drug-likeness (QED) is 0.573. The molecule has 0 unspecified atom stereocenters. The van der Waals surface area contributed by atoms with Crippen LogP contribution in [0.3, 0.4) is 0 Å². The van der Waals surface area contributed by atoms with Gasteiger partial charge in [-0.15, -0.1) is 11.3 Å². The van der Waals surface area contributed by atoms with Crippen molar-refractivity contribution in [2.24, 2.45) is 5.92 Å². The van der Waals surface area contributed by atoms with Crippen molar-refractivity contribution < 1.29 is 13.2 Å². The Morgan fingerprint density at radius 2 is 1.86 bits per heavy atom. The molecule has 0 saturated heterocycles. The minimum absolute atomic E-state index is 0.136. The fourth-order valence-electron chi connectivity index (χ4n) is 3.00. The summed E-state index contributed by atoms with van der Waals surface area (Å²) in [4.78, 5) is 17.1. The highest BCUT2D eigenvalue weighted by Crippen LogP contribution is 2.25. The predicted octanol–water partition coefficient (Wildman–Crippen LogP) is 3.27. The summed E-state index contributed by atoms with van der Waals surface area (Å²) >= 11 is 1.44. The standard InChI is InChI=1S/C21H25N3O3S2/c1-14(2)20(21(25)22-12-11-16-7-5-4-6-8-16)24-29(26,27)17-9-10-18-19(13-17)28-15(3)23-18/h4-10,13-14,20,24H,11-12H2,1-3H3,(H,22,25)/t20-/m1/s1. The molecule has 2 aromatic carbocycles. The molecule has 1 aromatic heterocycles. The molecule has 2 N–H and O–H groups in total. The van der Waals surface area contributed by atoms with E-state index in [-0.39, 0.29) is 16.7 Å². The third kappa shape index (κ3) is 5.41. The maximum Gasteiger partial charge on any atom is 0.241 e. The lowest BCUT2D eigenvalue weighted by atomic mass is 10.0. The third-order valence-electron chi connectivity index (χ3n) is 4.56. The zero-order valence-corrected chi connectivity index (χ0v) is 18.3. The van der Waals surface area contributed by atoms with Crippen LogP contribution in [-0.4, -0.2) is 31.9 Å². The van der Waals surface area contributed by atoms with Gasteiger partial charge in [-0.2, -0.15) is 4.72 Å². The van der Waals surface area contributed by atoms with Gasteiger partial charge in [-0.05, 0) is 43.0 Å². The number of rotatable bonds is 8. The van der Waals surface area contributed by atoms with Crippen LogP contribution in [0, 0.1) is 12.8 Å². The van der Waals surface area contributed by atoms with E-state index in [1.165, 1.54) is 17.4 Å². The van der Waals surface area contributed by atoms with Crippen LogP contribution in [0.15, 0.2) is 53.4 Å². The summed E-state index contributed by atoms with van der Waals surface area (Å²) in [6, 6.07) is 13.8. The van der Waals surface area contributed by atoms with Crippen molar-refractivity contribution in [1.82, 2.24) is 15.0 Å². The fourth-order valence-corrected chi connectivity index (χ4v) is 5.31. The Labute approximate surface area is 175 Å².